The molecular formula is C16H22OS. The van der Waals surface area contributed by atoms with Crippen LogP contribution in [-0.4, -0.2) is 11.0 Å². The predicted molar refractivity (Wildman–Crippen MR) is 80.1 cm³/mol. The fourth-order valence-electron chi connectivity index (χ4n) is 1.81. The molecule has 98 valence electrons. The van der Waals surface area contributed by atoms with Crippen LogP contribution in [0.25, 0.3) is 0 Å². The average Bonchev–Trinajstić information content (AvgIpc) is 2.29. The van der Waals surface area contributed by atoms with Crippen LogP contribution in [0.2, 0.25) is 0 Å². The van der Waals surface area contributed by atoms with Crippen molar-refractivity contribution < 1.29 is 4.79 Å². The van der Waals surface area contributed by atoms with Crippen LogP contribution in [0.4, 0.5) is 0 Å². The number of hydrogen-bond donors (Lipinski definition) is 0. The lowest BCUT2D eigenvalue weighted by Gasteiger charge is -2.26. The lowest BCUT2D eigenvalue weighted by Crippen LogP contribution is -2.20. The minimum absolute atomic E-state index is 0.00491. The Morgan fingerprint density at radius 3 is 2.50 bits per heavy atom. The van der Waals surface area contributed by atoms with Gasteiger partial charge in [0.15, 0.2) is 0 Å². The average molecular weight is 262 g/mol. The fraction of sp³-hybridized carbons (Fsp3) is 0.438. The quantitative estimate of drug-likeness (QED) is 0.396. The molecular weight excluding hydrogens is 240 g/mol. The maximum absolute atomic E-state index is 10.9. The third-order valence-electron chi connectivity index (χ3n) is 2.85. The molecule has 0 bridgehead atoms. The van der Waals surface area contributed by atoms with Crippen LogP contribution >= 0.6 is 11.8 Å². The summed E-state index contributed by atoms with van der Waals surface area (Å²) in [7, 11) is 0. The molecule has 1 rings (SSSR count). The number of allylic oxidation sites excluding steroid dienone is 2. The highest BCUT2D eigenvalue weighted by Gasteiger charge is 2.24. The van der Waals surface area contributed by atoms with E-state index in [0.717, 1.165) is 19.1 Å². The molecule has 0 radical (unpaired) electrons. The van der Waals surface area contributed by atoms with E-state index >= 15 is 0 Å². The highest BCUT2D eigenvalue weighted by atomic mass is 32.2. The Bertz CT molecular complexity index is 393. The number of benzene rings is 1. The molecule has 2 heteroatoms. The van der Waals surface area contributed by atoms with E-state index in [0.29, 0.717) is 6.42 Å². The molecule has 0 spiro atoms. The summed E-state index contributed by atoms with van der Waals surface area (Å²) in [5, 5.41) is 0. The summed E-state index contributed by atoms with van der Waals surface area (Å²) in [6, 6.07) is 10.3. The Labute approximate surface area is 115 Å². The standard InChI is InChI=1S/C16H22OS/c1-14(2)8-7-11-16(3,12-13-17)18-15-9-5-4-6-10-15/h4-6,8-10,13H,7,11-12H2,1-3H3/t16-/m1/s1. The number of carbonyl (C=O) groups excluding carboxylic acids is 1. The molecule has 0 aromatic heterocycles. The van der Waals surface area contributed by atoms with Gasteiger partial charge in [0.25, 0.3) is 0 Å². The number of rotatable bonds is 7. The van der Waals surface area contributed by atoms with Gasteiger partial charge < -0.3 is 4.79 Å². The normalized spacial score (nSPS) is 13.7. The molecule has 0 heterocycles. The zero-order chi connectivity index (χ0) is 13.4. The Morgan fingerprint density at radius 2 is 1.94 bits per heavy atom. The second kappa shape index (κ2) is 7.42. The van der Waals surface area contributed by atoms with E-state index in [4.69, 9.17) is 0 Å². The SMILES string of the molecule is CC(C)=CCC[C@](C)(CC=O)Sc1ccccc1. The third-order valence-corrected chi connectivity index (χ3v) is 4.22. The van der Waals surface area contributed by atoms with Crippen LogP contribution in [0.1, 0.15) is 40.0 Å². The molecule has 1 aromatic rings. The third kappa shape index (κ3) is 5.54. The maximum Gasteiger partial charge on any atom is 0.121 e. The van der Waals surface area contributed by atoms with Crippen molar-refractivity contribution in [3.8, 4) is 0 Å². The van der Waals surface area contributed by atoms with Crippen LogP contribution in [0.15, 0.2) is 46.9 Å². The Kier molecular flexibility index (Phi) is 6.20. The van der Waals surface area contributed by atoms with Gasteiger partial charge in [0.05, 0.1) is 0 Å². The Hall–Kier alpha value is -1.02. The van der Waals surface area contributed by atoms with E-state index in [1.165, 1.54) is 10.5 Å². The minimum atomic E-state index is -0.00491. The molecule has 0 N–H and O–H groups in total. The number of thioether (sulfide) groups is 1. The summed E-state index contributed by atoms with van der Waals surface area (Å²) in [4.78, 5) is 12.1. The maximum atomic E-state index is 10.9. The topological polar surface area (TPSA) is 17.1 Å². The summed E-state index contributed by atoms with van der Waals surface area (Å²) in [6.45, 7) is 6.40. The van der Waals surface area contributed by atoms with Crippen LogP contribution in [0, 0.1) is 0 Å². The molecule has 1 aromatic carbocycles. The van der Waals surface area contributed by atoms with Crippen molar-refractivity contribution in [1.82, 2.24) is 0 Å². The van der Waals surface area contributed by atoms with Crippen molar-refractivity contribution >= 4 is 18.0 Å². The molecule has 0 aliphatic heterocycles. The molecule has 0 aliphatic rings. The van der Waals surface area contributed by atoms with Crippen molar-refractivity contribution in [1.29, 1.82) is 0 Å². The Morgan fingerprint density at radius 1 is 1.28 bits per heavy atom. The summed E-state index contributed by atoms with van der Waals surface area (Å²) in [6.07, 6.45) is 5.94. The van der Waals surface area contributed by atoms with Crippen molar-refractivity contribution in [2.24, 2.45) is 0 Å². The first-order chi connectivity index (χ1) is 8.56. The van der Waals surface area contributed by atoms with Gasteiger partial charge in [-0.15, -0.1) is 11.8 Å². The summed E-state index contributed by atoms with van der Waals surface area (Å²) < 4.78 is -0.00491. The van der Waals surface area contributed by atoms with E-state index in [1.807, 2.05) is 18.2 Å². The van der Waals surface area contributed by atoms with Crippen molar-refractivity contribution in [3.63, 3.8) is 0 Å². The van der Waals surface area contributed by atoms with Gasteiger partial charge in [-0.05, 0) is 45.7 Å². The van der Waals surface area contributed by atoms with Gasteiger partial charge in [0.2, 0.25) is 0 Å². The highest BCUT2D eigenvalue weighted by Crippen LogP contribution is 2.38. The molecule has 1 nitrogen and oxygen atoms in total. The molecule has 0 saturated carbocycles. The highest BCUT2D eigenvalue weighted by molar-refractivity contribution is 8.00. The minimum Gasteiger partial charge on any atom is -0.303 e. The first-order valence-electron chi connectivity index (χ1n) is 6.37. The van der Waals surface area contributed by atoms with Gasteiger partial charge in [-0.3, -0.25) is 0 Å². The molecule has 0 saturated heterocycles. The van der Waals surface area contributed by atoms with E-state index < -0.39 is 0 Å². The van der Waals surface area contributed by atoms with Gasteiger partial charge >= 0.3 is 0 Å². The van der Waals surface area contributed by atoms with E-state index in [2.05, 4.69) is 39.0 Å². The van der Waals surface area contributed by atoms with Crippen LogP contribution in [-0.2, 0) is 4.79 Å². The number of carbonyl (C=O) groups is 1. The van der Waals surface area contributed by atoms with Crippen molar-refractivity contribution in [2.75, 3.05) is 0 Å². The van der Waals surface area contributed by atoms with Crippen molar-refractivity contribution in [3.05, 3.63) is 42.0 Å². The summed E-state index contributed by atoms with van der Waals surface area (Å²) >= 11 is 1.81. The Balaban J connectivity index is 2.67. The van der Waals surface area contributed by atoms with E-state index in [-0.39, 0.29) is 4.75 Å². The first-order valence-corrected chi connectivity index (χ1v) is 7.18. The lowest BCUT2D eigenvalue weighted by molar-refractivity contribution is -0.108. The lowest BCUT2D eigenvalue weighted by atomic mass is 10.0. The first kappa shape index (κ1) is 15.0. The van der Waals surface area contributed by atoms with Crippen molar-refractivity contribution in [2.45, 2.75) is 49.7 Å². The monoisotopic (exact) mass is 262 g/mol. The van der Waals surface area contributed by atoms with Crippen LogP contribution in [0.3, 0.4) is 0 Å². The van der Waals surface area contributed by atoms with Gasteiger partial charge in [-0.25, -0.2) is 0 Å². The second-order valence-corrected chi connectivity index (χ2v) is 6.72. The van der Waals surface area contributed by atoms with E-state index in [9.17, 15) is 4.79 Å². The molecule has 0 amide bonds. The van der Waals surface area contributed by atoms with E-state index in [1.54, 1.807) is 11.8 Å². The number of aldehydes is 1. The number of hydrogen-bond acceptors (Lipinski definition) is 2. The largest absolute Gasteiger partial charge is 0.303 e. The van der Waals surface area contributed by atoms with Gasteiger partial charge in [-0.1, -0.05) is 29.8 Å². The van der Waals surface area contributed by atoms with Gasteiger partial charge in [0, 0.05) is 16.1 Å². The zero-order valence-electron chi connectivity index (χ0n) is 11.5. The molecule has 0 unspecified atom stereocenters. The van der Waals surface area contributed by atoms with Crippen LogP contribution in [0.5, 0.6) is 0 Å². The van der Waals surface area contributed by atoms with Crippen LogP contribution < -0.4 is 0 Å². The van der Waals surface area contributed by atoms with Gasteiger partial charge in [-0.2, -0.15) is 0 Å². The molecule has 1 atom stereocenters. The summed E-state index contributed by atoms with van der Waals surface area (Å²) in [5.74, 6) is 0. The summed E-state index contributed by atoms with van der Waals surface area (Å²) in [5.41, 5.74) is 1.34. The van der Waals surface area contributed by atoms with Gasteiger partial charge in [0.1, 0.15) is 6.29 Å². The zero-order valence-corrected chi connectivity index (χ0v) is 12.3. The predicted octanol–water partition coefficient (Wildman–Crippen LogP) is 4.87. The fourth-order valence-corrected chi connectivity index (χ4v) is 3.04. The molecule has 18 heavy (non-hydrogen) atoms. The smallest absolute Gasteiger partial charge is 0.121 e. The molecule has 0 fully saturated rings. The molecule has 0 aliphatic carbocycles. The second-order valence-electron chi connectivity index (χ2n) is 5.06.